The van der Waals surface area contributed by atoms with Crippen LogP contribution >= 0.6 is 0 Å². The molecule has 1 N–H and O–H groups in total. The maximum atomic E-state index is 5.99. The second-order valence-electron chi connectivity index (χ2n) is 6.17. The monoisotopic (exact) mass is 261 g/mol. The fourth-order valence-electron chi connectivity index (χ4n) is 2.98. The van der Waals surface area contributed by atoms with Crippen molar-refractivity contribution in [2.24, 2.45) is 0 Å². The summed E-state index contributed by atoms with van der Waals surface area (Å²) >= 11 is 0. The Morgan fingerprint density at radius 3 is 3.11 bits per heavy atom. The molecule has 0 aliphatic carbocycles. The van der Waals surface area contributed by atoms with E-state index in [-0.39, 0.29) is 11.7 Å². The van der Waals surface area contributed by atoms with Gasteiger partial charge in [-0.05, 0) is 51.2 Å². The normalized spacial score (nSPS) is 24.6. The number of aryl methyl sites for hydroxylation is 1. The third-order valence-corrected chi connectivity index (χ3v) is 4.02. The Morgan fingerprint density at radius 2 is 2.32 bits per heavy atom. The molecule has 0 spiro atoms. The molecule has 2 aliphatic heterocycles. The Kier molecular flexibility index (Phi) is 3.40. The van der Waals surface area contributed by atoms with Gasteiger partial charge in [0.2, 0.25) is 0 Å². The zero-order valence-electron chi connectivity index (χ0n) is 11.9. The van der Waals surface area contributed by atoms with Crippen LogP contribution < -0.4 is 10.1 Å². The lowest BCUT2D eigenvalue weighted by atomic mass is 10.0. The molecule has 1 saturated heterocycles. The standard InChI is InChI=1S/C16H23NO2/c1-16(2)9-8-13(19-16)11-18-14-7-3-5-12-6-4-10-17-15(12)14/h3,5,7,13,17H,4,6,8-11H2,1-2H3. The van der Waals surface area contributed by atoms with E-state index in [1.165, 1.54) is 17.7 Å². The third kappa shape index (κ3) is 2.86. The van der Waals surface area contributed by atoms with Crippen molar-refractivity contribution in [3.05, 3.63) is 23.8 Å². The number of rotatable bonds is 3. The van der Waals surface area contributed by atoms with Crippen molar-refractivity contribution >= 4 is 5.69 Å². The first-order valence-corrected chi connectivity index (χ1v) is 7.30. The van der Waals surface area contributed by atoms with Gasteiger partial charge in [-0.25, -0.2) is 0 Å². The first-order chi connectivity index (χ1) is 9.14. The molecule has 3 rings (SSSR count). The SMILES string of the molecule is CC1(C)CCC(COc2cccc3c2NCCC3)O1. The average Bonchev–Trinajstić information content (AvgIpc) is 2.76. The molecule has 1 aromatic carbocycles. The van der Waals surface area contributed by atoms with Crippen LogP contribution in [0.5, 0.6) is 5.75 Å². The predicted octanol–water partition coefficient (Wildman–Crippen LogP) is 3.38. The van der Waals surface area contributed by atoms with Gasteiger partial charge in [-0.2, -0.15) is 0 Å². The number of hydrogen-bond donors (Lipinski definition) is 1. The van der Waals surface area contributed by atoms with Gasteiger partial charge in [-0.15, -0.1) is 0 Å². The van der Waals surface area contributed by atoms with E-state index in [0.717, 1.165) is 31.6 Å². The van der Waals surface area contributed by atoms with Crippen LogP contribution in [0.1, 0.15) is 38.7 Å². The van der Waals surface area contributed by atoms with Crippen molar-refractivity contribution in [1.82, 2.24) is 0 Å². The van der Waals surface area contributed by atoms with E-state index >= 15 is 0 Å². The van der Waals surface area contributed by atoms with Crippen molar-refractivity contribution < 1.29 is 9.47 Å². The van der Waals surface area contributed by atoms with Crippen LogP contribution in [0.4, 0.5) is 5.69 Å². The summed E-state index contributed by atoms with van der Waals surface area (Å²) in [5.41, 5.74) is 2.57. The van der Waals surface area contributed by atoms with Crippen molar-refractivity contribution in [2.45, 2.75) is 51.2 Å². The number of fused-ring (bicyclic) bond motifs is 1. The topological polar surface area (TPSA) is 30.5 Å². The molecule has 2 aliphatic rings. The van der Waals surface area contributed by atoms with Gasteiger partial charge in [-0.3, -0.25) is 0 Å². The highest BCUT2D eigenvalue weighted by Crippen LogP contribution is 2.34. The summed E-state index contributed by atoms with van der Waals surface area (Å²) in [7, 11) is 0. The van der Waals surface area contributed by atoms with E-state index < -0.39 is 0 Å². The predicted molar refractivity (Wildman–Crippen MR) is 76.9 cm³/mol. The second-order valence-corrected chi connectivity index (χ2v) is 6.17. The number of ether oxygens (including phenoxy) is 2. The molecule has 104 valence electrons. The fourth-order valence-corrected chi connectivity index (χ4v) is 2.98. The minimum atomic E-state index is 0.0163. The lowest BCUT2D eigenvalue weighted by Crippen LogP contribution is -2.24. The molecule has 3 heteroatoms. The van der Waals surface area contributed by atoms with Gasteiger partial charge in [0.25, 0.3) is 0 Å². The van der Waals surface area contributed by atoms with E-state index in [4.69, 9.17) is 9.47 Å². The highest BCUT2D eigenvalue weighted by Gasteiger charge is 2.32. The largest absolute Gasteiger partial charge is 0.489 e. The first kappa shape index (κ1) is 12.8. The minimum Gasteiger partial charge on any atom is -0.489 e. The summed E-state index contributed by atoms with van der Waals surface area (Å²) in [4.78, 5) is 0. The summed E-state index contributed by atoms with van der Waals surface area (Å²) in [6.45, 7) is 6.00. The Hall–Kier alpha value is -1.22. The third-order valence-electron chi connectivity index (χ3n) is 4.02. The average molecular weight is 261 g/mol. The molecule has 1 atom stereocenters. The first-order valence-electron chi connectivity index (χ1n) is 7.30. The van der Waals surface area contributed by atoms with Crippen molar-refractivity contribution in [1.29, 1.82) is 0 Å². The summed E-state index contributed by atoms with van der Waals surface area (Å²) in [6, 6.07) is 6.32. The smallest absolute Gasteiger partial charge is 0.142 e. The second kappa shape index (κ2) is 5.04. The van der Waals surface area contributed by atoms with Crippen LogP contribution in [-0.4, -0.2) is 24.9 Å². The lowest BCUT2D eigenvalue weighted by molar-refractivity contribution is -0.0325. The van der Waals surface area contributed by atoms with Crippen molar-refractivity contribution in [3.63, 3.8) is 0 Å². The van der Waals surface area contributed by atoms with Gasteiger partial charge in [0.05, 0.1) is 17.4 Å². The Labute approximate surface area is 115 Å². The lowest BCUT2D eigenvalue weighted by Gasteiger charge is -2.23. The Balaban J connectivity index is 1.64. The molecule has 1 unspecified atom stereocenters. The molecule has 0 amide bonds. The zero-order valence-corrected chi connectivity index (χ0v) is 11.9. The fraction of sp³-hybridized carbons (Fsp3) is 0.625. The summed E-state index contributed by atoms with van der Waals surface area (Å²) in [6.07, 6.45) is 4.79. The maximum Gasteiger partial charge on any atom is 0.142 e. The molecule has 1 fully saturated rings. The molecule has 0 radical (unpaired) electrons. The van der Waals surface area contributed by atoms with Gasteiger partial charge < -0.3 is 14.8 Å². The number of anilines is 1. The van der Waals surface area contributed by atoms with Crippen LogP contribution in [0.15, 0.2) is 18.2 Å². The van der Waals surface area contributed by atoms with Gasteiger partial charge in [0.1, 0.15) is 12.4 Å². The number of nitrogens with one attached hydrogen (secondary N) is 1. The van der Waals surface area contributed by atoms with Crippen LogP contribution in [0, 0.1) is 0 Å². The molecule has 19 heavy (non-hydrogen) atoms. The highest BCUT2D eigenvalue weighted by molar-refractivity contribution is 5.63. The molecular weight excluding hydrogens is 238 g/mol. The van der Waals surface area contributed by atoms with Gasteiger partial charge in [0.15, 0.2) is 0 Å². The molecule has 2 heterocycles. The van der Waals surface area contributed by atoms with E-state index in [2.05, 4.69) is 37.4 Å². The molecule has 0 saturated carbocycles. The summed E-state index contributed by atoms with van der Waals surface area (Å²) < 4.78 is 12.0. The number of benzene rings is 1. The van der Waals surface area contributed by atoms with Crippen LogP contribution in [-0.2, 0) is 11.2 Å². The Morgan fingerprint density at radius 1 is 1.42 bits per heavy atom. The molecule has 1 aromatic rings. The quantitative estimate of drug-likeness (QED) is 0.904. The molecule has 3 nitrogen and oxygen atoms in total. The van der Waals surface area contributed by atoms with Crippen LogP contribution in [0.25, 0.3) is 0 Å². The maximum absolute atomic E-state index is 5.99. The minimum absolute atomic E-state index is 0.0163. The zero-order chi connectivity index (χ0) is 13.3. The molecular formula is C16H23NO2. The molecule has 0 aromatic heterocycles. The number of hydrogen-bond acceptors (Lipinski definition) is 3. The summed E-state index contributed by atoms with van der Waals surface area (Å²) in [5.74, 6) is 0.977. The Bertz CT molecular complexity index is 456. The van der Waals surface area contributed by atoms with Gasteiger partial charge in [-0.1, -0.05) is 12.1 Å². The van der Waals surface area contributed by atoms with Crippen molar-refractivity contribution in [3.8, 4) is 5.75 Å². The highest BCUT2D eigenvalue weighted by atomic mass is 16.6. The van der Waals surface area contributed by atoms with Gasteiger partial charge in [0, 0.05) is 6.54 Å². The van der Waals surface area contributed by atoms with E-state index in [1.807, 2.05) is 0 Å². The van der Waals surface area contributed by atoms with Gasteiger partial charge >= 0.3 is 0 Å². The van der Waals surface area contributed by atoms with Crippen LogP contribution in [0.2, 0.25) is 0 Å². The van der Waals surface area contributed by atoms with Crippen molar-refractivity contribution in [2.75, 3.05) is 18.5 Å². The van der Waals surface area contributed by atoms with E-state index in [1.54, 1.807) is 0 Å². The van der Waals surface area contributed by atoms with Crippen LogP contribution in [0.3, 0.4) is 0 Å². The molecule has 0 bridgehead atoms. The van der Waals surface area contributed by atoms with E-state index in [0.29, 0.717) is 6.61 Å². The van der Waals surface area contributed by atoms with E-state index in [9.17, 15) is 0 Å². The number of para-hydroxylation sites is 1. The summed E-state index contributed by atoms with van der Waals surface area (Å²) in [5, 5.41) is 3.46.